The topological polar surface area (TPSA) is 26.3 Å². The van der Waals surface area contributed by atoms with Gasteiger partial charge < -0.3 is 8.83 Å². The van der Waals surface area contributed by atoms with E-state index in [9.17, 15) is 8.22 Å². The molecule has 0 N–H and O–H groups in total. The van der Waals surface area contributed by atoms with E-state index in [-0.39, 0.29) is 38.3 Å². The zero-order chi connectivity index (χ0) is 43.2. The highest BCUT2D eigenvalue weighted by molar-refractivity contribution is 6.26. The first kappa shape index (κ1) is 14.8. The van der Waals surface area contributed by atoms with Crippen LogP contribution in [0.4, 0.5) is 0 Å². The van der Waals surface area contributed by atoms with Crippen LogP contribution in [-0.2, 0) is 0 Å². The highest BCUT2D eigenvalue weighted by Crippen LogP contribution is 2.48. The first-order valence-electron chi connectivity index (χ1n) is 22.0. The third kappa shape index (κ3) is 3.59. The van der Waals surface area contributed by atoms with Crippen molar-refractivity contribution in [2.45, 2.75) is 0 Å². The van der Waals surface area contributed by atoms with Crippen molar-refractivity contribution >= 4 is 65.2 Å². The van der Waals surface area contributed by atoms with Crippen molar-refractivity contribution in [1.82, 2.24) is 0 Å². The molecular weight excluding hydrogens is 560 g/mol. The van der Waals surface area contributed by atoms with Crippen LogP contribution >= 0.6 is 0 Å². The molecule has 0 fully saturated rings. The smallest absolute Gasteiger partial charge is 0.147 e. The van der Waals surface area contributed by atoms with Crippen LogP contribution in [0.5, 0.6) is 0 Å². The molecule has 2 heterocycles. The van der Waals surface area contributed by atoms with E-state index < -0.39 is 113 Å². The molecule has 0 atom stereocenters. The standard InChI is InChI=1S/C44H26O2/c1-2-12-28(13-3-1)38-26-45-39-24-23-36-35-19-10-20-37(43(35)46-44(36)42(38)39)41-33-17-8-6-15-31(33)40(32-16-7-9-18-34(32)41)30-22-21-27-11-4-5-14-29(27)25-30/h1-26H/i4D,5D,6D,7D,8D,9D,11D,14D,15D,16D,17D,18D,21D,22D,25D. The number of hydrogen-bond acceptors (Lipinski definition) is 2. The van der Waals surface area contributed by atoms with E-state index in [1.54, 1.807) is 30.5 Å². The summed E-state index contributed by atoms with van der Waals surface area (Å²) in [7, 11) is 0. The maximum atomic E-state index is 9.47. The van der Waals surface area contributed by atoms with Crippen LogP contribution in [0.15, 0.2) is 166 Å². The molecular formula is C44H26O2. The van der Waals surface area contributed by atoms with E-state index in [0.717, 1.165) is 11.1 Å². The maximum Gasteiger partial charge on any atom is 0.147 e. The van der Waals surface area contributed by atoms with Gasteiger partial charge in [-0.1, -0.05) is 133 Å². The summed E-state index contributed by atoms with van der Waals surface area (Å²) in [5, 5.41) is -0.0983. The molecule has 2 nitrogen and oxygen atoms in total. The van der Waals surface area contributed by atoms with Gasteiger partial charge in [-0.3, -0.25) is 0 Å². The zero-order valence-corrected chi connectivity index (χ0v) is 23.7. The Bertz CT molecular complexity index is 3570. The number of rotatable bonds is 3. The Morgan fingerprint density at radius 3 is 1.89 bits per heavy atom. The fourth-order valence-electron chi connectivity index (χ4n) is 6.46. The molecule has 10 aromatic rings. The molecule has 0 spiro atoms. The van der Waals surface area contributed by atoms with E-state index in [2.05, 4.69) is 0 Å². The van der Waals surface area contributed by atoms with E-state index >= 15 is 0 Å². The zero-order valence-electron chi connectivity index (χ0n) is 38.7. The molecule has 8 aromatic carbocycles. The normalized spacial score (nSPS) is 16.5. The summed E-state index contributed by atoms with van der Waals surface area (Å²) >= 11 is 0. The van der Waals surface area contributed by atoms with Crippen molar-refractivity contribution in [3.63, 3.8) is 0 Å². The number of hydrogen-bond donors (Lipinski definition) is 0. The van der Waals surface area contributed by atoms with Crippen LogP contribution in [0.25, 0.3) is 98.6 Å². The first-order valence-corrected chi connectivity index (χ1v) is 14.5. The fourth-order valence-corrected chi connectivity index (χ4v) is 6.46. The average molecular weight is 602 g/mol. The monoisotopic (exact) mass is 601 g/mol. The molecule has 0 amide bonds. The van der Waals surface area contributed by atoms with Gasteiger partial charge in [-0.15, -0.1) is 0 Å². The van der Waals surface area contributed by atoms with Crippen molar-refractivity contribution in [1.29, 1.82) is 0 Å². The summed E-state index contributed by atoms with van der Waals surface area (Å²) in [4.78, 5) is 0. The molecule has 0 unspecified atom stereocenters. The lowest BCUT2D eigenvalue weighted by Crippen LogP contribution is -1.91. The number of benzene rings is 8. The van der Waals surface area contributed by atoms with Crippen LogP contribution in [0.1, 0.15) is 20.6 Å². The van der Waals surface area contributed by atoms with E-state index in [1.807, 2.05) is 36.4 Å². The van der Waals surface area contributed by atoms with Crippen molar-refractivity contribution in [3.8, 4) is 33.4 Å². The second-order valence-electron chi connectivity index (χ2n) is 10.9. The molecule has 10 rings (SSSR count). The quantitative estimate of drug-likeness (QED) is 0.188. The Balaban J connectivity index is 1.46. The molecule has 0 saturated heterocycles. The Morgan fingerprint density at radius 2 is 1.13 bits per heavy atom. The van der Waals surface area contributed by atoms with E-state index in [4.69, 9.17) is 21.2 Å². The second-order valence-corrected chi connectivity index (χ2v) is 10.9. The summed E-state index contributed by atoms with van der Waals surface area (Å²) in [6, 6.07) is 7.96. The molecule has 0 bridgehead atoms. The average Bonchev–Trinajstić information content (AvgIpc) is 3.88. The summed E-state index contributed by atoms with van der Waals surface area (Å²) in [5.41, 5.74) is 2.04. The molecule has 0 aliphatic rings. The maximum absolute atomic E-state index is 9.47. The predicted molar refractivity (Wildman–Crippen MR) is 192 cm³/mol. The largest absolute Gasteiger partial charge is 0.464 e. The van der Waals surface area contributed by atoms with Crippen LogP contribution in [0.3, 0.4) is 0 Å². The minimum atomic E-state index is -0.754. The molecule has 46 heavy (non-hydrogen) atoms. The first-order chi connectivity index (χ1) is 29.1. The molecule has 0 aliphatic heterocycles. The Labute approximate surface area is 285 Å². The lowest BCUT2D eigenvalue weighted by molar-refractivity contribution is 0.616. The van der Waals surface area contributed by atoms with Gasteiger partial charge in [0.25, 0.3) is 0 Å². The lowest BCUT2D eigenvalue weighted by atomic mass is 9.85. The van der Waals surface area contributed by atoms with Gasteiger partial charge in [0.2, 0.25) is 0 Å². The van der Waals surface area contributed by atoms with Gasteiger partial charge in [0.1, 0.15) is 16.7 Å². The van der Waals surface area contributed by atoms with Crippen molar-refractivity contribution < 1.29 is 29.4 Å². The Morgan fingerprint density at radius 1 is 0.457 bits per heavy atom. The molecule has 2 aromatic heterocycles. The van der Waals surface area contributed by atoms with Gasteiger partial charge in [-0.25, -0.2) is 0 Å². The second kappa shape index (κ2) is 9.69. The molecule has 214 valence electrons. The van der Waals surface area contributed by atoms with E-state index in [1.165, 1.54) is 0 Å². The van der Waals surface area contributed by atoms with Gasteiger partial charge in [0.15, 0.2) is 0 Å². The van der Waals surface area contributed by atoms with Crippen LogP contribution in [-0.4, -0.2) is 0 Å². The van der Waals surface area contributed by atoms with Crippen molar-refractivity contribution in [2.75, 3.05) is 0 Å². The van der Waals surface area contributed by atoms with Gasteiger partial charge in [-0.2, -0.15) is 0 Å². The van der Waals surface area contributed by atoms with Crippen LogP contribution in [0.2, 0.25) is 0 Å². The SMILES string of the molecule is [2H]c1c([2H])c([2H])c2c([2H])c(-c3c4c([2H])c([2H])c([2H])c([2H])c4c(-c4cccc5c4oc4c5ccc5occ(-c6ccccc6)c54)c4c([2H])c([2H])c([2H])c([2H])c34)c([2H])c([2H])c2c1[2H]. The molecule has 2 heteroatoms. The highest BCUT2D eigenvalue weighted by Gasteiger charge is 2.22. The minimum absolute atomic E-state index is 0.0454. The summed E-state index contributed by atoms with van der Waals surface area (Å²) in [6.45, 7) is 0. The van der Waals surface area contributed by atoms with Crippen LogP contribution < -0.4 is 0 Å². The number of fused-ring (bicyclic) bond motifs is 8. The Hall–Kier alpha value is -6.12. The third-order valence-corrected chi connectivity index (χ3v) is 8.43. The van der Waals surface area contributed by atoms with Gasteiger partial charge >= 0.3 is 0 Å². The minimum Gasteiger partial charge on any atom is -0.464 e. The molecule has 0 saturated carbocycles. The Kier molecular flexibility index (Phi) is 3.11. The lowest BCUT2D eigenvalue weighted by Gasteiger charge is -2.18. The van der Waals surface area contributed by atoms with Crippen LogP contribution in [0, 0.1) is 0 Å². The molecule has 0 radical (unpaired) electrons. The third-order valence-electron chi connectivity index (χ3n) is 8.43. The van der Waals surface area contributed by atoms with Gasteiger partial charge in [-0.05, 0) is 67.2 Å². The summed E-state index contributed by atoms with van der Waals surface area (Å²) < 4.78 is 147. The number of para-hydroxylation sites is 1. The van der Waals surface area contributed by atoms with Crippen molar-refractivity contribution in [3.05, 3.63) is 158 Å². The highest BCUT2D eigenvalue weighted by atomic mass is 16.3. The summed E-state index contributed by atoms with van der Waals surface area (Å²) in [5.74, 6) is 0. The molecule has 0 aliphatic carbocycles. The number of furan rings is 2. The summed E-state index contributed by atoms with van der Waals surface area (Å²) in [6.07, 6.45) is 1.63. The fraction of sp³-hybridized carbons (Fsp3) is 0. The van der Waals surface area contributed by atoms with Crippen molar-refractivity contribution in [2.24, 2.45) is 0 Å². The van der Waals surface area contributed by atoms with Gasteiger partial charge in [0, 0.05) is 27.5 Å². The van der Waals surface area contributed by atoms with Gasteiger partial charge in [0.05, 0.1) is 32.2 Å². The predicted octanol–water partition coefficient (Wildman–Crippen LogP) is 12.8. The van der Waals surface area contributed by atoms with E-state index in [0.29, 0.717) is 27.3 Å².